The Morgan fingerprint density at radius 1 is 1.47 bits per heavy atom. The minimum Gasteiger partial charge on any atom is -0.316 e. The summed E-state index contributed by atoms with van der Waals surface area (Å²) in [5.41, 5.74) is 3.66. The Balaban J connectivity index is 2.11. The fourth-order valence-electron chi connectivity index (χ4n) is 1.83. The van der Waals surface area contributed by atoms with Gasteiger partial charge in [0, 0.05) is 26.2 Å². The second-order valence-corrected chi connectivity index (χ2v) is 5.23. The minimum atomic E-state index is -0.225. The first-order valence-corrected chi connectivity index (χ1v) is 6.80. The van der Waals surface area contributed by atoms with Crippen molar-refractivity contribution < 1.29 is 0 Å². The van der Waals surface area contributed by atoms with Crippen molar-refractivity contribution >= 4 is 21.6 Å². The summed E-state index contributed by atoms with van der Waals surface area (Å²) in [7, 11) is 2.09. The number of hydrogen-bond donors (Lipinski definition) is 1. The lowest BCUT2D eigenvalue weighted by molar-refractivity contribution is 0.179. The molecule has 0 atom stereocenters. The number of terminal acetylenes is 1. The van der Waals surface area contributed by atoms with Crippen LogP contribution in [-0.2, 0) is 6.54 Å². The molecule has 2 heterocycles. The van der Waals surface area contributed by atoms with Gasteiger partial charge < -0.3 is 10.3 Å². The summed E-state index contributed by atoms with van der Waals surface area (Å²) >= 11 is 3.30. The summed E-state index contributed by atoms with van der Waals surface area (Å²) < 4.78 is 1.70. The fraction of sp³-hybridized carbons (Fsp3) is 0.500. The molecule has 1 fully saturated rings. The SMILES string of the molecule is C#CCn1ncc(NN2CCN(C)CC2)c(Br)c1=O. The Kier molecular flexibility index (Phi) is 4.58. The Hall–Kier alpha value is -1.36. The summed E-state index contributed by atoms with van der Waals surface area (Å²) in [5, 5.41) is 6.12. The van der Waals surface area contributed by atoms with Crippen LogP contribution in [0.15, 0.2) is 15.5 Å². The van der Waals surface area contributed by atoms with E-state index in [1.165, 1.54) is 4.68 Å². The molecule has 0 radical (unpaired) electrons. The first-order chi connectivity index (χ1) is 9.11. The lowest BCUT2D eigenvalue weighted by Crippen LogP contribution is -2.47. The molecule has 0 spiro atoms. The Labute approximate surface area is 120 Å². The van der Waals surface area contributed by atoms with Gasteiger partial charge in [-0.05, 0) is 23.0 Å². The standard InChI is InChI=1S/C12H16BrN5O/c1-3-4-18-12(19)11(13)10(9-14-18)15-17-7-5-16(2)6-8-17/h1,9,15H,4-8H2,2H3. The van der Waals surface area contributed by atoms with Crippen LogP contribution in [0.25, 0.3) is 0 Å². The van der Waals surface area contributed by atoms with Gasteiger partial charge in [-0.3, -0.25) is 4.79 Å². The van der Waals surface area contributed by atoms with E-state index in [0.29, 0.717) is 10.2 Å². The van der Waals surface area contributed by atoms with Crippen molar-refractivity contribution in [3.05, 3.63) is 21.0 Å². The monoisotopic (exact) mass is 325 g/mol. The molecule has 0 bridgehead atoms. The highest BCUT2D eigenvalue weighted by atomic mass is 79.9. The van der Waals surface area contributed by atoms with Crippen molar-refractivity contribution in [2.75, 3.05) is 38.7 Å². The molecule has 0 unspecified atom stereocenters. The molecule has 19 heavy (non-hydrogen) atoms. The molecule has 1 saturated heterocycles. The Bertz CT molecular complexity index is 542. The molecule has 102 valence electrons. The van der Waals surface area contributed by atoms with Gasteiger partial charge in [-0.25, -0.2) is 9.69 Å². The van der Waals surface area contributed by atoms with Crippen LogP contribution in [0.5, 0.6) is 0 Å². The largest absolute Gasteiger partial charge is 0.316 e. The maximum absolute atomic E-state index is 12.0. The number of nitrogens with one attached hydrogen (secondary N) is 1. The molecule has 0 saturated carbocycles. The third-order valence-electron chi connectivity index (χ3n) is 3.01. The van der Waals surface area contributed by atoms with Gasteiger partial charge in [-0.1, -0.05) is 5.92 Å². The van der Waals surface area contributed by atoms with E-state index < -0.39 is 0 Å². The summed E-state index contributed by atoms with van der Waals surface area (Å²) in [4.78, 5) is 14.2. The van der Waals surface area contributed by atoms with E-state index in [-0.39, 0.29) is 12.1 Å². The van der Waals surface area contributed by atoms with Crippen molar-refractivity contribution in [3.8, 4) is 12.3 Å². The van der Waals surface area contributed by atoms with Gasteiger partial charge in [0.2, 0.25) is 0 Å². The highest BCUT2D eigenvalue weighted by Crippen LogP contribution is 2.17. The van der Waals surface area contributed by atoms with Gasteiger partial charge in [0.1, 0.15) is 11.0 Å². The van der Waals surface area contributed by atoms with Gasteiger partial charge in [0.15, 0.2) is 0 Å². The van der Waals surface area contributed by atoms with Crippen LogP contribution in [0.4, 0.5) is 5.69 Å². The van der Waals surface area contributed by atoms with Crippen molar-refractivity contribution in [1.29, 1.82) is 0 Å². The molecular weight excluding hydrogens is 310 g/mol. The number of aromatic nitrogens is 2. The quantitative estimate of drug-likeness (QED) is 0.805. The number of likely N-dealkylation sites (N-methyl/N-ethyl adjacent to an activating group) is 1. The molecule has 6 nitrogen and oxygen atoms in total. The van der Waals surface area contributed by atoms with E-state index in [1.54, 1.807) is 6.20 Å². The average molecular weight is 326 g/mol. The smallest absolute Gasteiger partial charge is 0.284 e. The van der Waals surface area contributed by atoms with Gasteiger partial charge in [0.05, 0.1) is 11.9 Å². The van der Waals surface area contributed by atoms with Crippen molar-refractivity contribution in [2.24, 2.45) is 0 Å². The summed E-state index contributed by atoms with van der Waals surface area (Å²) in [6, 6.07) is 0. The van der Waals surface area contributed by atoms with Crippen LogP contribution in [-0.4, -0.2) is 52.9 Å². The zero-order valence-electron chi connectivity index (χ0n) is 10.8. The van der Waals surface area contributed by atoms with Crippen LogP contribution in [0.1, 0.15) is 0 Å². The van der Waals surface area contributed by atoms with Crippen molar-refractivity contribution in [2.45, 2.75) is 6.54 Å². The first-order valence-electron chi connectivity index (χ1n) is 6.01. The van der Waals surface area contributed by atoms with E-state index in [4.69, 9.17) is 6.42 Å². The number of hydrogen-bond acceptors (Lipinski definition) is 5. The number of anilines is 1. The molecule has 1 aliphatic heterocycles. The number of piperazine rings is 1. The molecule has 2 rings (SSSR count). The number of nitrogens with zero attached hydrogens (tertiary/aromatic N) is 4. The van der Waals surface area contributed by atoms with Gasteiger partial charge >= 0.3 is 0 Å². The van der Waals surface area contributed by atoms with E-state index in [1.807, 2.05) is 0 Å². The third-order valence-corrected chi connectivity index (χ3v) is 3.77. The Morgan fingerprint density at radius 2 is 2.16 bits per heavy atom. The summed E-state index contributed by atoms with van der Waals surface area (Å²) in [6.07, 6.45) is 6.80. The summed E-state index contributed by atoms with van der Waals surface area (Å²) in [5.74, 6) is 2.40. The van der Waals surface area contributed by atoms with Gasteiger partial charge in [0.25, 0.3) is 5.56 Å². The molecule has 0 aliphatic carbocycles. The maximum atomic E-state index is 12.0. The highest BCUT2D eigenvalue weighted by Gasteiger charge is 2.16. The molecule has 1 aliphatic rings. The normalized spacial score (nSPS) is 17.1. The topological polar surface area (TPSA) is 53.4 Å². The van der Waals surface area contributed by atoms with E-state index in [2.05, 4.69) is 49.3 Å². The second kappa shape index (κ2) is 6.19. The number of rotatable bonds is 3. The zero-order valence-corrected chi connectivity index (χ0v) is 12.4. The molecular formula is C12H16BrN5O. The van der Waals surface area contributed by atoms with Gasteiger partial charge in [-0.2, -0.15) is 5.10 Å². The molecule has 0 amide bonds. The van der Waals surface area contributed by atoms with Crippen LogP contribution in [0, 0.1) is 12.3 Å². The maximum Gasteiger partial charge on any atom is 0.284 e. The molecule has 1 N–H and O–H groups in total. The highest BCUT2D eigenvalue weighted by molar-refractivity contribution is 9.10. The van der Waals surface area contributed by atoms with Crippen molar-refractivity contribution in [1.82, 2.24) is 19.7 Å². The zero-order chi connectivity index (χ0) is 13.8. The molecule has 1 aromatic heterocycles. The third kappa shape index (κ3) is 3.35. The van der Waals surface area contributed by atoms with Crippen LogP contribution in [0.3, 0.4) is 0 Å². The van der Waals surface area contributed by atoms with Crippen molar-refractivity contribution in [3.63, 3.8) is 0 Å². The lowest BCUT2D eigenvalue weighted by atomic mass is 10.4. The molecule has 0 aromatic carbocycles. The second-order valence-electron chi connectivity index (χ2n) is 4.44. The van der Waals surface area contributed by atoms with E-state index in [0.717, 1.165) is 26.2 Å². The molecule has 1 aromatic rings. The van der Waals surface area contributed by atoms with Gasteiger partial charge in [-0.15, -0.1) is 6.42 Å². The average Bonchev–Trinajstić information content (AvgIpc) is 2.41. The summed E-state index contributed by atoms with van der Waals surface area (Å²) in [6.45, 7) is 3.96. The minimum absolute atomic E-state index is 0.173. The first kappa shape index (κ1) is 14.1. The Morgan fingerprint density at radius 3 is 2.79 bits per heavy atom. The van der Waals surface area contributed by atoms with E-state index >= 15 is 0 Å². The van der Waals surface area contributed by atoms with Crippen LogP contribution < -0.4 is 11.0 Å². The number of halogens is 1. The van der Waals surface area contributed by atoms with E-state index in [9.17, 15) is 4.79 Å². The fourth-order valence-corrected chi connectivity index (χ4v) is 2.23. The molecule has 7 heteroatoms. The van der Waals surface area contributed by atoms with Crippen LogP contribution >= 0.6 is 15.9 Å². The van der Waals surface area contributed by atoms with Crippen LogP contribution in [0.2, 0.25) is 0 Å². The lowest BCUT2D eigenvalue weighted by Gasteiger charge is -2.33. The number of hydrazine groups is 1. The predicted octanol–water partition coefficient (Wildman–Crippen LogP) is 0.213. The predicted molar refractivity (Wildman–Crippen MR) is 77.7 cm³/mol.